The van der Waals surface area contributed by atoms with Gasteiger partial charge in [-0.2, -0.15) is 5.26 Å². The van der Waals surface area contributed by atoms with Crippen LogP contribution in [0.3, 0.4) is 0 Å². The van der Waals surface area contributed by atoms with Crippen molar-refractivity contribution in [3.63, 3.8) is 0 Å². The maximum atomic E-state index is 11.3. The van der Waals surface area contributed by atoms with Crippen LogP contribution in [-0.4, -0.2) is 11.8 Å². The van der Waals surface area contributed by atoms with Crippen LogP contribution in [0.1, 0.15) is 6.92 Å². The van der Waals surface area contributed by atoms with Crippen molar-refractivity contribution in [2.75, 3.05) is 5.32 Å². The van der Waals surface area contributed by atoms with Gasteiger partial charge in [0.05, 0.1) is 11.8 Å². The van der Waals surface area contributed by atoms with E-state index in [0.717, 1.165) is 5.69 Å². The third kappa shape index (κ3) is 2.69. The van der Waals surface area contributed by atoms with Crippen molar-refractivity contribution in [3.05, 3.63) is 53.4 Å². The first-order valence-corrected chi connectivity index (χ1v) is 5.53. The highest BCUT2D eigenvalue weighted by molar-refractivity contribution is 6.01. The molecule has 0 bridgehead atoms. The fraction of sp³-hybridized carbons (Fsp3) is 0.0714. The van der Waals surface area contributed by atoms with E-state index < -0.39 is 11.8 Å². The number of carbonyl (C=O) groups excluding carboxylic acids is 2. The summed E-state index contributed by atoms with van der Waals surface area (Å²) >= 11 is 0. The summed E-state index contributed by atoms with van der Waals surface area (Å²) in [5.74, 6) is -1.08. The molecule has 5 nitrogen and oxygen atoms in total. The fourth-order valence-electron chi connectivity index (χ4n) is 1.61. The smallest absolute Gasteiger partial charge is 0.338 e. The number of ketones is 1. The predicted octanol–water partition coefficient (Wildman–Crippen LogP) is 1.91. The van der Waals surface area contributed by atoms with Crippen molar-refractivity contribution in [3.8, 4) is 6.07 Å². The molecule has 1 aliphatic heterocycles. The second-order valence-corrected chi connectivity index (χ2v) is 3.84. The minimum Gasteiger partial charge on any atom is -0.420 e. The second-order valence-electron chi connectivity index (χ2n) is 3.84. The molecule has 1 aliphatic rings. The second kappa shape index (κ2) is 5.19. The van der Waals surface area contributed by atoms with E-state index in [2.05, 4.69) is 5.32 Å². The number of esters is 1. The van der Waals surface area contributed by atoms with Gasteiger partial charge in [0.15, 0.2) is 11.5 Å². The summed E-state index contributed by atoms with van der Waals surface area (Å²) in [4.78, 5) is 22.6. The van der Waals surface area contributed by atoms with Gasteiger partial charge >= 0.3 is 5.97 Å². The number of Topliss-reactive ketones (excluding diaryl/α,β-unsaturated/α-hetero) is 1. The number of carbonyl (C=O) groups is 2. The minimum atomic E-state index is -0.609. The van der Waals surface area contributed by atoms with Gasteiger partial charge in [-0.1, -0.05) is 18.2 Å². The van der Waals surface area contributed by atoms with Crippen LogP contribution in [0.2, 0.25) is 0 Å². The Labute approximate surface area is 109 Å². The standard InChI is InChI=1S/C14H10N2O3/c1-9(17)11(8-15)14-12(7-13(18)19-14)16-10-5-3-2-4-6-10/h2-7,16H,1H3/b14-11+. The average Bonchev–Trinajstić information content (AvgIpc) is 2.72. The zero-order valence-corrected chi connectivity index (χ0v) is 10.1. The lowest BCUT2D eigenvalue weighted by Gasteiger charge is -2.08. The predicted molar refractivity (Wildman–Crippen MR) is 67.6 cm³/mol. The van der Waals surface area contributed by atoms with Crippen molar-refractivity contribution in [2.45, 2.75) is 6.92 Å². The van der Waals surface area contributed by atoms with Crippen molar-refractivity contribution in [1.82, 2.24) is 0 Å². The zero-order valence-electron chi connectivity index (χ0n) is 10.1. The lowest BCUT2D eigenvalue weighted by Crippen LogP contribution is -2.07. The first kappa shape index (κ1) is 12.6. The maximum Gasteiger partial charge on any atom is 0.338 e. The first-order valence-electron chi connectivity index (χ1n) is 5.53. The molecule has 94 valence electrons. The van der Waals surface area contributed by atoms with E-state index in [9.17, 15) is 9.59 Å². The van der Waals surface area contributed by atoms with Crippen molar-refractivity contribution >= 4 is 17.4 Å². The van der Waals surface area contributed by atoms with Crippen LogP contribution in [0.15, 0.2) is 53.4 Å². The van der Waals surface area contributed by atoms with Crippen LogP contribution in [0.4, 0.5) is 5.69 Å². The molecule has 5 heteroatoms. The number of hydrogen-bond donors (Lipinski definition) is 1. The SMILES string of the molecule is CC(=O)/C(C#N)=C1/OC(=O)C=C1Nc1ccccc1. The third-order valence-corrected chi connectivity index (χ3v) is 2.45. The van der Waals surface area contributed by atoms with Crippen LogP contribution in [0.5, 0.6) is 0 Å². The number of benzene rings is 1. The Morgan fingerprint density at radius 3 is 2.58 bits per heavy atom. The number of nitriles is 1. The van der Waals surface area contributed by atoms with Crippen molar-refractivity contribution < 1.29 is 14.3 Å². The van der Waals surface area contributed by atoms with Gasteiger partial charge in [-0.3, -0.25) is 4.79 Å². The topological polar surface area (TPSA) is 79.2 Å². The summed E-state index contributed by atoms with van der Waals surface area (Å²) in [6.07, 6.45) is 1.21. The summed E-state index contributed by atoms with van der Waals surface area (Å²) in [5, 5.41) is 11.9. The number of nitrogens with zero attached hydrogens (tertiary/aromatic N) is 1. The molecular formula is C14H10N2O3. The van der Waals surface area contributed by atoms with Gasteiger partial charge in [0.25, 0.3) is 0 Å². The summed E-state index contributed by atoms with van der Waals surface area (Å²) < 4.78 is 4.90. The number of allylic oxidation sites excluding steroid dienone is 1. The maximum absolute atomic E-state index is 11.3. The Morgan fingerprint density at radius 2 is 2.00 bits per heavy atom. The van der Waals surface area contributed by atoms with Crippen LogP contribution in [0.25, 0.3) is 0 Å². The molecule has 1 heterocycles. The molecule has 0 fully saturated rings. The van der Waals surface area contributed by atoms with Crippen molar-refractivity contribution in [2.24, 2.45) is 0 Å². The zero-order chi connectivity index (χ0) is 13.8. The fourth-order valence-corrected chi connectivity index (χ4v) is 1.61. The molecular weight excluding hydrogens is 244 g/mol. The average molecular weight is 254 g/mol. The molecule has 0 saturated heterocycles. The Bertz CT molecular complexity index is 636. The molecule has 0 aliphatic carbocycles. The van der Waals surface area contributed by atoms with E-state index in [0.29, 0.717) is 5.70 Å². The quantitative estimate of drug-likeness (QED) is 0.506. The molecule has 0 atom stereocenters. The number of ether oxygens (including phenoxy) is 1. The highest BCUT2D eigenvalue weighted by Crippen LogP contribution is 2.25. The van der Waals surface area contributed by atoms with Gasteiger partial charge in [0, 0.05) is 12.6 Å². The van der Waals surface area contributed by atoms with Gasteiger partial charge in [0.1, 0.15) is 11.6 Å². The lowest BCUT2D eigenvalue weighted by molar-refractivity contribution is -0.132. The van der Waals surface area contributed by atoms with Gasteiger partial charge in [-0.15, -0.1) is 0 Å². The van der Waals surface area contributed by atoms with Crippen LogP contribution in [-0.2, 0) is 14.3 Å². The summed E-state index contributed by atoms with van der Waals surface area (Å²) in [7, 11) is 0. The molecule has 0 unspecified atom stereocenters. The molecule has 1 aromatic carbocycles. The molecule has 0 spiro atoms. The van der Waals surface area contributed by atoms with Gasteiger partial charge in [-0.05, 0) is 12.1 Å². The Balaban J connectivity index is 2.38. The number of nitrogens with one attached hydrogen (secondary N) is 1. The number of para-hydroxylation sites is 1. The summed E-state index contributed by atoms with van der Waals surface area (Å²) in [6.45, 7) is 1.25. The highest BCUT2D eigenvalue weighted by atomic mass is 16.5. The lowest BCUT2D eigenvalue weighted by atomic mass is 10.1. The van der Waals surface area contributed by atoms with E-state index in [-0.39, 0.29) is 11.3 Å². The molecule has 0 saturated carbocycles. The third-order valence-electron chi connectivity index (χ3n) is 2.45. The van der Waals surface area contributed by atoms with Gasteiger partial charge in [-0.25, -0.2) is 4.79 Å². The Kier molecular flexibility index (Phi) is 3.44. The number of anilines is 1. The molecule has 1 N–H and O–H groups in total. The van der Waals surface area contributed by atoms with E-state index >= 15 is 0 Å². The van der Waals surface area contributed by atoms with Crippen LogP contribution >= 0.6 is 0 Å². The minimum absolute atomic E-state index is 0.0242. The van der Waals surface area contributed by atoms with Crippen LogP contribution in [0, 0.1) is 11.3 Å². The monoisotopic (exact) mass is 254 g/mol. The summed E-state index contributed by atoms with van der Waals surface area (Å²) in [5.41, 5.74) is 0.855. The van der Waals surface area contributed by atoms with E-state index in [4.69, 9.17) is 10.00 Å². The number of hydrogen-bond acceptors (Lipinski definition) is 5. The molecule has 0 radical (unpaired) electrons. The number of cyclic esters (lactones) is 1. The van der Waals surface area contributed by atoms with Gasteiger partial charge < -0.3 is 10.1 Å². The molecule has 0 aromatic heterocycles. The van der Waals surface area contributed by atoms with E-state index in [1.807, 2.05) is 18.2 Å². The van der Waals surface area contributed by atoms with Gasteiger partial charge in [0.2, 0.25) is 0 Å². The van der Waals surface area contributed by atoms with E-state index in [1.54, 1.807) is 18.2 Å². The van der Waals surface area contributed by atoms with Crippen molar-refractivity contribution in [1.29, 1.82) is 5.26 Å². The Morgan fingerprint density at radius 1 is 1.32 bits per heavy atom. The molecule has 0 amide bonds. The highest BCUT2D eigenvalue weighted by Gasteiger charge is 2.26. The molecule has 2 rings (SSSR count). The van der Waals surface area contributed by atoms with E-state index in [1.165, 1.54) is 13.0 Å². The van der Waals surface area contributed by atoms with Crippen LogP contribution < -0.4 is 5.32 Å². The number of rotatable bonds is 3. The Hall–Kier alpha value is -2.87. The molecule has 19 heavy (non-hydrogen) atoms. The normalized spacial score (nSPS) is 16.2. The summed E-state index contributed by atoms with van der Waals surface area (Å²) in [6, 6.07) is 10.8. The molecule has 1 aromatic rings. The largest absolute Gasteiger partial charge is 0.420 e. The first-order chi connectivity index (χ1) is 9.11.